The van der Waals surface area contributed by atoms with Crippen molar-refractivity contribution < 1.29 is 19.1 Å². The SMILES string of the molecule is CCCCCC(=O)O[C@]1(C(C)=O)CCC2C3C=C(C)C4=CC(=O)CC[C@]4(C)C3CC[C@@]21C. The smallest absolute Gasteiger partial charge is 0.306 e. The standard InChI is InChI=1S/C28H40O4/c1-6-7-8-9-25(31)32-28(19(3)29)15-12-23-21-16-18(2)24-17-20(30)10-13-26(24,4)22(21)11-14-27(23,28)5/h16-17,21-23H,6-15H2,1-5H3/t21?,22?,23?,26-,27+,28+/m1/s1. The molecule has 2 fully saturated rings. The van der Waals surface area contributed by atoms with Crippen molar-refractivity contribution in [3.8, 4) is 0 Å². The topological polar surface area (TPSA) is 60.4 Å². The molecule has 3 unspecified atom stereocenters. The van der Waals surface area contributed by atoms with Crippen LogP contribution in [0, 0.1) is 28.6 Å². The Hall–Kier alpha value is -1.71. The average molecular weight is 441 g/mol. The van der Waals surface area contributed by atoms with Gasteiger partial charge in [-0.15, -0.1) is 0 Å². The zero-order chi connectivity index (χ0) is 23.3. The van der Waals surface area contributed by atoms with Gasteiger partial charge < -0.3 is 4.74 Å². The Morgan fingerprint density at radius 1 is 1.09 bits per heavy atom. The first kappa shape index (κ1) is 23.4. The zero-order valence-electron chi connectivity index (χ0n) is 20.6. The number of hydrogen-bond acceptors (Lipinski definition) is 4. The first-order chi connectivity index (χ1) is 15.1. The lowest BCUT2D eigenvalue weighted by molar-refractivity contribution is -0.187. The maximum Gasteiger partial charge on any atom is 0.306 e. The lowest BCUT2D eigenvalue weighted by atomic mass is 9.47. The summed E-state index contributed by atoms with van der Waals surface area (Å²) in [6.07, 6.45) is 12.6. The number of Topliss-reactive ketones (excluding diaryl/α,β-unsaturated/α-hetero) is 1. The van der Waals surface area contributed by atoms with E-state index in [0.29, 0.717) is 37.0 Å². The number of hydrogen-bond donors (Lipinski definition) is 0. The van der Waals surface area contributed by atoms with Crippen molar-refractivity contribution in [1.82, 2.24) is 0 Å². The fourth-order valence-electron chi connectivity index (χ4n) is 8.00. The Labute approximate surface area is 193 Å². The Morgan fingerprint density at radius 2 is 1.81 bits per heavy atom. The second kappa shape index (κ2) is 8.25. The summed E-state index contributed by atoms with van der Waals surface area (Å²) < 4.78 is 6.17. The van der Waals surface area contributed by atoms with Crippen molar-refractivity contribution in [1.29, 1.82) is 0 Å². The number of rotatable bonds is 6. The van der Waals surface area contributed by atoms with Crippen molar-refractivity contribution in [2.45, 2.75) is 104 Å². The highest BCUT2D eigenvalue weighted by Gasteiger charge is 2.67. The Kier molecular flexibility index (Phi) is 6.05. The minimum atomic E-state index is -0.993. The van der Waals surface area contributed by atoms with Crippen LogP contribution >= 0.6 is 0 Å². The third-order valence-electron chi connectivity index (χ3n) is 9.79. The highest BCUT2D eigenvalue weighted by atomic mass is 16.6. The lowest BCUT2D eigenvalue weighted by Gasteiger charge is -2.58. The highest BCUT2D eigenvalue weighted by molar-refractivity contribution is 5.92. The molecule has 32 heavy (non-hydrogen) atoms. The van der Waals surface area contributed by atoms with Gasteiger partial charge in [0.05, 0.1) is 0 Å². The number of ketones is 2. The molecule has 0 heterocycles. The molecular weight excluding hydrogens is 400 g/mol. The number of fused-ring (bicyclic) bond motifs is 5. The van der Waals surface area contributed by atoms with E-state index in [2.05, 4.69) is 33.8 Å². The van der Waals surface area contributed by atoms with Crippen LogP contribution in [-0.4, -0.2) is 23.1 Å². The number of allylic oxidation sites excluding steroid dienone is 4. The van der Waals surface area contributed by atoms with E-state index in [1.807, 2.05) is 6.08 Å². The molecule has 0 aliphatic heterocycles. The molecule has 0 N–H and O–H groups in total. The maximum atomic E-state index is 13.1. The molecule has 0 aromatic rings. The minimum absolute atomic E-state index is 0.0105. The maximum absolute atomic E-state index is 13.1. The molecule has 6 atom stereocenters. The first-order valence-corrected chi connectivity index (χ1v) is 12.8. The summed E-state index contributed by atoms with van der Waals surface area (Å²) in [5.74, 6) is 1.21. The van der Waals surface area contributed by atoms with Crippen molar-refractivity contribution in [2.24, 2.45) is 28.6 Å². The molecule has 0 bridgehead atoms. The normalized spacial score (nSPS) is 40.5. The van der Waals surface area contributed by atoms with Crippen LogP contribution in [0.4, 0.5) is 0 Å². The van der Waals surface area contributed by atoms with Gasteiger partial charge in [0.2, 0.25) is 0 Å². The van der Waals surface area contributed by atoms with Gasteiger partial charge in [-0.3, -0.25) is 14.4 Å². The van der Waals surface area contributed by atoms with Gasteiger partial charge in [-0.1, -0.05) is 45.3 Å². The zero-order valence-corrected chi connectivity index (χ0v) is 20.6. The first-order valence-electron chi connectivity index (χ1n) is 12.8. The summed E-state index contributed by atoms with van der Waals surface area (Å²) in [4.78, 5) is 38.1. The second-order valence-electron chi connectivity index (χ2n) is 11.4. The van der Waals surface area contributed by atoms with E-state index in [-0.39, 0.29) is 28.4 Å². The Morgan fingerprint density at radius 3 is 2.50 bits per heavy atom. The van der Waals surface area contributed by atoms with E-state index in [9.17, 15) is 14.4 Å². The van der Waals surface area contributed by atoms with Gasteiger partial charge in [-0.2, -0.15) is 0 Å². The third kappa shape index (κ3) is 3.35. The summed E-state index contributed by atoms with van der Waals surface area (Å²) >= 11 is 0. The van der Waals surface area contributed by atoms with Crippen LogP contribution in [0.2, 0.25) is 0 Å². The number of carbonyl (C=O) groups excluding carboxylic acids is 3. The molecule has 0 aromatic carbocycles. The lowest BCUT2D eigenvalue weighted by Crippen LogP contribution is -2.58. The monoisotopic (exact) mass is 440 g/mol. The summed E-state index contributed by atoms with van der Waals surface area (Å²) in [5, 5.41) is 0. The van der Waals surface area contributed by atoms with Gasteiger partial charge in [0.25, 0.3) is 0 Å². The molecule has 0 saturated heterocycles. The number of ether oxygens (including phenoxy) is 1. The predicted molar refractivity (Wildman–Crippen MR) is 125 cm³/mol. The van der Waals surface area contributed by atoms with E-state index in [4.69, 9.17) is 4.74 Å². The van der Waals surface area contributed by atoms with E-state index < -0.39 is 5.60 Å². The van der Waals surface area contributed by atoms with Crippen LogP contribution in [0.25, 0.3) is 0 Å². The molecule has 4 aliphatic carbocycles. The van der Waals surface area contributed by atoms with Crippen LogP contribution in [0.5, 0.6) is 0 Å². The van der Waals surface area contributed by atoms with Gasteiger partial charge in [0.15, 0.2) is 17.2 Å². The van der Waals surface area contributed by atoms with Gasteiger partial charge in [0, 0.05) is 18.3 Å². The van der Waals surface area contributed by atoms with Crippen LogP contribution in [0.3, 0.4) is 0 Å². The van der Waals surface area contributed by atoms with Crippen molar-refractivity contribution in [3.63, 3.8) is 0 Å². The fourth-order valence-corrected chi connectivity index (χ4v) is 8.00. The van der Waals surface area contributed by atoms with Gasteiger partial charge in [-0.25, -0.2) is 0 Å². The third-order valence-corrected chi connectivity index (χ3v) is 9.79. The average Bonchev–Trinajstić information content (AvgIpc) is 3.03. The predicted octanol–water partition coefficient (Wildman–Crippen LogP) is 6.14. The van der Waals surface area contributed by atoms with Crippen LogP contribution in [0.15, 0.2) is 23.3 Å². The fraction of sp³-hybridized carbons (Fsp3) is 0.750. The molecule has 4 nitrogen and oxygen atoms in total. The number of unbranched alkanes of at least 4 members (excludes halogenated alkanes) is 2. The number of carbonyl (C=O) groups is 3. The summed E-state index contributed by atoms with van der Waals surface area (Å²) in [7, 11) is 0. The van der Waals surface area contributed by atoms with Crippen molar-refractivity contribution in [2.75, 3.05) is 0 Å². The molecule has 0 aromatic heterocycles. The Bertz CT molecular complexity index is 882. The van der Waals surface area contributed by atoms with Gasteiger partial charge >= 0.3 is 5.97 Å². The van der Waals surface area contributed by atoms with Crippen LogP contribution < -0.4 is 0 Å². The van der Waals surface area contributed by atoms with Gasteiger partial charge in [-0.05, 0) is 87.2 Å². The molecule has 4 rings (SSSR count). The van der Waals surface area contributed by atoms with E-state index in [0.717, 1.165) is 44.9 Å². The van der Waals surface area contributed by atoms with E-state index in [1.54, 1.807) is 6.92 Å². The van der Waals surface area contributed by atoms with Crippen molar-refractivity contribution >= 4 is 17.5 Å². The van der Waals surface area contributed by atoms with Crippen LogP contribution in [-0.2, 0) is 19.1 Å². The van der Waals surface area contributed by atoms with E-state index in [1.165, 1.54) is 11.1 Å². The second-order valence-corrected chi connectivity index (χ2v) is 11.4. The molecular formula is C28H40O4. The largest absolute Gasteiger partial charge is 0.450 e. The molecule has 0 spiro atoms. The Balaban J connectivity index is 1.67. The highest BCUT2D eigenvalue weighted by Crippen LogP contribution is 2.67. The summed E-state index contributed by atoms with van der Waals surface area (Å²) in [6.45, 7) is 10.4. The molecule has 0 amide bonds. The minimum Gasteiger partial charge on any atom is -0.450 e. The molecule has 176 valence electrons. The molecule has 2 saturated carbocycles. The van der Waals surface area contributed by atoms with Crippen LogP contribution in [0.1, 0.15) is 98.8 Å². The molecule has 4 heteroatoms. The molecule has 0 radical (unpaired) electrons. The quantitative estimate of drug-likeness (QED) is 0.368. The van der Waals surface area contributed by atoms with Gasteiger partial charge in [0.1, 0.15) is 0 Å². The number of esters is 1. The summed E-state index contributed by atoms with van der Waals surface area (Å²) in [6, 6.07) is 0. The molecule has 4 aliphatic rings. The van der Waals surface area contributed by atoms with E-state index >= 15 is 0 Å². The van der Waals surface area contributed by atoms with Crippen molar-refractivity contribution in [3.05, 3.63) is 23.3 Å². The summed E-state index contributed by atoms with van der Waals surface area (Å²) in [5.41, 5.74) is 1.16.